The molecule has 0 bridgehead atoms. The predicted octanol–water partition coefficient (Wildman–Crippen LogP) is 3.99. The Kier molecular flexibility index (Phi) is 6.06. The first-order chi connectivity index (χ1) is 12.5. The van der Waals surface area contributed by atoms with Gasteiger partial charge in [0.2, 0.25) is 0 Å². The maximum atomic E-state index is 12.5. The number of amides is 1. The number of carboxylic acid groups (broad SMARTS) is 1. The van der Waals surface area contributed by atoms with Gasteiger partial charge in [0.05, 0.1) is 6.42 Å². The van der Waals surface area contributed by atoms with Crippen LogP contribution in [0.1, 0.15) is 17.5 Å². The summed E-state index contributed by atoms with van der Waals surface area (Å²) in [5.41, 5.74) is 2.66. The first-order valence-electron chi connectivity index (χ1n) is 8.15. The van der Waals surface area contributed by atoms with E-state index in [-0.39, 0.29) is 12.3 Å². The first-order valence-corrected chi connectivity index (χ1v) is 9.69. The summed E-state index contributed by atoms with van der Waals surface area (Å²) in [6.45, 7) is 0. The average Bonchev–Trinajstić information content (AvgIpc) is 3.02. The van der Waals surface area contributed by atoms with Gasteiger partial charge in [0, 0.05) is 28.6 Å². The molecule has 3 rings (SSSR count). The van der Waals surface area contributed by atoms with Gasteiger partial charge in [-0.25, -0.2) is 0 Å². The van der Waals surface area contributed by atoms with Crippen molar-refractivity contribution in [2.75, 3.05) is 11.1 Å². The van der Waals surface area contributed by atoms with E-state index in [1.165, 1.54) is 0 Å². The molecular formula is C19H18ClNO4S. The van der Waals surface area contributed by atoms with Crippen molar-refractivity contribution in [1.82, 2.24) is 0 Å². The Hall–Kier alpha value is -2.18. The van der Waals surface area contributed by atoms with E-state index in [2.05, 4.69) is 5.32 Å². The van der Waals surface area contributed by atoms with Crippen LogP contribution in [0.25, 0.3) is 0 Å². The van der Waals surface area contributed by atoms with Crippen molar-refractivity contribution in [2.45, 2.75) is 24.7 Å². The van der Waals surface area contributed by atoms with E-state index in [0.717, 1.165) is 11.1 Å². The Morgan fingerprint density at radius 3 is 2.92 bits per heavy atom. The quantitative estimate of drug-likeness (QED) is 0.698. The fourth-order valence-corrected chi connectivity index (χ4v) is 3.75. The number of carbonyl (C=O) groups is 2. The van der Waals surface area contributed by atoms with Crippen molar-refractivity contribution in [3.8, 4) is 5.75 Å². The Balaban J connectivity index is 1.55. The van der Waals surface area contributed by atoms with Crippen LogP contribution in [0.15, 0.2) is 42.5 Å². The van der Waals surface area contributed by atoms with Crippen LogP contribution in [-0.2, 0) is 21.8 Å². The molecule has 1 amide bonds. The van der Waals surface area contributed by atoms with Crippen molar-refractivity contribution in [1.29, 1.82) is 0 Å². The summed E-state index contributed by atoms with van der Waals surface area (Å²) < 4.78 is 5.70. The third-order valence-electron chi connectivity index (χ3n) is 3.91. The monoisotopic (exact) mass is 391 g/mol. The molecule has 2 aromatic rings. The third kappa shape index (κ3) is 4.93. The molecule has 136 valence electrons. The lowest BCUT2D eigenvalue weighted by molar-refractivity contribution is -0.136. The molecule has 7 heteroatoms. The molecule has 0 aliphatic carbocycles. The van der Waals surface area contributed by atoms with Gasteiger partial charge in [0.15, 0.2) is 6.10 Å². The molecule has 26 heavy (non-hydrogen) atoms. The van der Waals surface area contributed by atoms with Gasteiger partial charge in [-0.3, -0.25) is 9.59 Å². The Morgan fingerprint density at radius 2 is 2.12 bits per heavy atom. The van der Waals surface area contributed by atoms with Crippen molar-refractivity contribution >= 4 is 40.9 Å². The zero-order chi connectivity index (χ0) is 18.5. The highest BCUT2D eigenvalue weighted by Gasteiger charge is 2.29. The SMILES string of the molecule is O=C(O)CCSCc1cccc(NC(=O)C2Cc3cc(Cl)ccc3O2)c1. The minimum atomic E-state index is -0.794. The standard InChI is InChI=1S/C19H18ClNO4S/c20-14-4-5-16-13(9-14)10-17(25-16)19(24)21-15-3-1-2-12(8-15)11-26-7-6-18(22)23/h1-5,8-9,17H,6-7,10-11H2,(H,21,24)(H,22,23). The Morgan fingerprint density at radius 1 is 1.27 bits per heavy atom. The number of hydrogen-bond acceptors (Lipinski definition) is 4. The molecule has 1 heterocycles. The average molecular weight is 392 g/mol. The number of hydrogen-bond donors (Lipinski definition) is 2. The van der Waals surface area contributed by atoms with Gasteiger partial charge in [-0.05, 0) is 41.5 Å². The van der Waals surface area contributed by atoms with Crippen molar-refractivity contribution in [3.63, 3.8) is 0 Å². The van der Waals surface area contributed by atoms with E-state index in [4.69, 9.17) is 21.4 Å². The van der Waals surface area contributed by atoms with E-state index in [0.29, 0.717) is 34.4 Å². The van der Waals surface area contributed by atoms with E-state index in [9.17, 15) is 9.59 Å². The number of nitrogens with one attached hydrogen (secondary N) is 1. The van der Waals surface area contributed by atoms with Crippen LogP contribution in [0, 0.1) is 0 Å². The Bertz CT molecular complexity index is 827. The molecule has 5 nitrogen and oxygen atoms in total. The maximum Gasteiger partial charge on any atom is 0.304 e. The topological polar surface area (TPSA) is 75.6 Å². The second-order valence-electron chi connectivity index (χ2n) is 5.95. The number of thioether (sulfide) groups is 1. The number of halogens is 1. The van der Waals surface area contributed by atoms with Crippen LogP contribution in [0.5, 0.6) is 5.75 Å². The molecule has 0 saturated carbocycles. The highest BCUT2D eigenvalue weighted by molar-refractivity contribution is 7.98. The van der Waals surface area contributed by atoms with Gasteiger partial charge in [0.25, 0.3) is 5.91 Å². The molecule has 0 aromatic heterocycles. The molecule has 2 N–H and O–H groups in total. The molecule has 0 spiro atoms. The number of benzene rings is 2. The highest BCUT2D eigenvalue weighted by atomic mass is 35.5. The lowest BCUT2D eigenvalue weighted by atomic mass is 10.1. The summed E-state index contributed by atoms with van der Waals surface area (Å²) in [5.74, 6) is 0.951. The normalized spacial score (nSPS) is 15.2. The summed E-state index contributed by atoms with van der Waals surface area (Å²) in [6.07, 6.45) is 0.0639. The summed E-state index contributed by atoms with van der Waals surface area (Å²) >= 11 is 7.53. The highest BCUT2D eigenvalue weighted by Crippen LogP contribution is 2.31. The van der Waals surface area contributed by atoms with Gasteiger partial charge >= 0.3 is 5.97 Å². The number of ether oxygens (including phenoxy) is 1. The molecule has 0 radical (unpaired) electrons. The minimum absolute atomic E-state index is 0.144. The van der Waals surface area contributed by atoms with Gasteiger partial charge in [-0.15, -0.1) is 0 Å². The van der Waals surface area contributed by atoms with Crippen LogP contribution < -0.4 is 10.1 Å². The first kappa shape index (κ1) is 18.6. The number of carboxylic acids is 1. The lowest BCUT2D eigenvalue weighted by Gasteiger charge is -2.12. The van der Waals surface area contributed by atoms with Gasteiger partial charge in [0.1, 0.15) is 5.75 Å². The fraction of sp³-hybridized carbons (Fsp3) is 0.263. The van der Waals surface area contributed by atoms with Gasteiger partial charge in [-0.2, -0.15) is 11.8 Å². The zero-order valence-electron chi connectivity index (χ0n) is 13.9. The van der Waals surface area contributed by atoms with E-state index in [1.807, 2.05) is 30.3 Å². The molecule has 1 aliphatic heterocycles. The largest absolute Gasteiger partial charge is 0.481 e. The molecule has 0 saturated heterocycles. The lowest BCUT2D eigenvalue weighted by Crippen LogP contribution is -2.31. The van der Waals surface area contributed by atoms with Crippen molar-refractivity contribution in [3.05, 3.63) is 58.6 Å². The van der Waals surface area contributed by atoms with Gasteiger partial charge < -0.3 is 15.2 Å². The predicted molar refractivity (Wildman–Crippen MR) is 103 cm³/mol. The zero-order valence-corrected chi connectivity index (χ0v) is 15.5. The molecule has 1 aliphatic rings. The maximum absolute atomic E-state index is 12.5. The minimum Gasteiger partial charge on any atom is -0.481 e. The van der Waals surface area contributed by atoms with Crippen molar-refractivity contribution < 1.29 is 19.4 Å². The van der Waals surface area contributed by atoms with Crippen LogP contribution >= 0.6 is 23.4 Å². The van der Waals surface area contributed by atoms with E-state index in [1.54, 1.807) is 23.9 Å². The number of fused-ring (bicyclic) bond motifs is 1. The Labute approximate surface area is 160 Å². The summed E-state index contributed by atoms with van der Waals surface area (Å²) in [4.78, 5) is 23.0. The fourth-order valence-electron chi connectivity index (χ4n) is 2.67. The van der Waals surface area contributed by atoms with Gasteiger partial charge in [-0.1, -0.05) is 23.7 Å². The molecule has 0 fully saturated rings. The van der Waals surface area contributed by atoms with Crippen LogP contribution in [-0.4, -0.2) is 28.8 Å². The van der Waals surface area contributed by atoms with Crippen molar-refractivity contribution in [2.24, 2.45) is 0 Å². The van der Waals surface area contributed by atoms with Crippen LogP contribution in [0.3, 0.4) is 0 Å². The molecule has 2 aromatic carbocycles. The molecule has 1 unspecified atom stereocenters. The summed E-state index contributed by atoms with van der Waals surface area (Å²) in [6, 6.07) is 12.9. The number of carbonyl (C=O) groups excluding carboxylic acids is 1. The second-order valence-corrected chi connectivity index (χ2v) is 7.49. The van der Waals surface area contributed by atoms with Crippen LogP contribution in [0.2, 0.25) is 5.02 Å². The summed E-state index contributed by atoms with van der Waals surface area (Å²) in [5, 5.41) is 12.2. The third-order valence-corrected chi connectivity index (χ3v) is 5.18. The summed E-state index contributed by atoms with van der Waals surface area (Å²) in [7, 11) is 0. The second kappa shape index (κ2) is 8.47. The van der Waals surface area contributed by atoms with Crippen LogP contribution in [0.4, 0.5) is 5.69 Å². The molecular weight excluding hydrogens is 374 g/mol. The smallest absolute Gasteiger partial charge is 0.304 e. The van der Waals surface area contributed by atoms with E-state index < -0.39 is 12.1 Å². The molecule has 1 atom stereocenters. The van der Waals surface area contributed by atoms with E-state index >= 15 is 0 Å². The number of aliphatic carboxylic acids is 1. The number of rotatable bonds is 7. The number of anilines is 1.